The van der Waals surface area contributed by atoms with Crippen LogP contribution in [0.1, 0.15) is 31.7 Å². The molecule has 1 aliphatic rings. The molecule has 0 bridgehead atoms. The van der Waals surface area contributed by atoms with Crippen LogP contribution in [0.5, 0.6) is 5.75 Å². The summed E-state index contributed by atoms with van der Waals surface area (Å²) in [5.74, 6) is 1.70. The molecule has 4 rings (SSSR count). The first-order valence-corrected chi connectivity index (χ1v) is 12.7. The Balaban J connectivity index is 1.39. The second-order valence-electron chi connectivity index (χ2n) is 8.89. The highest BCUT2D eigenvalue weighted by molar-refractivity contribution is 5.85. The fourth-order valence-electron chi connectivity index (χ4n) is 4.61. The molecule has 1 fully saturated rings. The van der Waals surface area contributed by atoms with Gasteiger partial charge in [-0.15, -0.1) is 0 Å². The lowest BCUT2D eigenvalue weighted by atomic mass is 10.1. The number of pyridine rings is 2. The lowest BCUT2D eigenvalue weighted by Gasteiger charge is -2.35. The molecule has 10 nitrogen and oxygen atoms in total. The van der Waals surface area contributed by atoms with Crippen LogP contribution in [0.4, 0.5) is 5.82 Å². The first kappa shape index (κ1) is 26.5. The SMILES string of the molecule is C=N/C=C(\C=N/C)CCCC(=O)N1CCN(c2ccc(-c3cc(OCC)cn4ncc(C#N)c34)cn2)CC1. The van der Waals surface area contributed by atoms with Gasteiger partial charge >= 0.3 is 0 Å². The number of amides is 1. The van der Waals surface area contributed by atoms with Crippen LogP contribution in [0.2, 0.25) is 0 Å². The van der Waals surface area contributed by atoms with Gasteiger partial charge in [-0.3, -0.25) is 14.8 Å². The molecule has 38 heavy (non-hydrogen) atoms. The Labute approximate surface area is 222 Å². The Kier molecular flexibility index (Phi) is 8.82. The van der Waals surface area contributed by atoms with Crippen LogP contribution >= 0.6 is 0 Å². The van der Waals surface area contributed by atoms with Crippen LogP contribution in [0.3, 0.4) is 0 Å². The van der Waals surface area contributed by atoms with E-state index in [9.17, 15) is 10.1 Å². The lowest BCUT2D eigenvalue weighted by molar-refractivity contribution is -0.131. The monoisotopic (exact) mass is 512 g/mol. The summed E-state index contributed by atoms with van der Waals surface area (Å²) in [5.41, 5.74) is 3.90. The summed E-state index contributed by atoms with van der Waals surface area (Å²) >= 11 is 0. The molecule has 0 atom stereocenters. The van der Waals surface area contributed by atoms with Crippen LogP contribution in [0.25, 0.3) is 16.6 Å². The number of hydrogen-bond acceptors (Lipinski definition) is 8. The second kappa shape index (κ2) is 12.6. The maximum atomic E-state index is 12.7. The third-order valence-electron chi connectivity index (χ3n) is 6.44. The molecule has 1 aliphatic heterocycles. The summed E-state index contributed by atoms with van der Waals surface area (Å²) in [6, 6.07) is 8.12. The van der Waals surface area contributed by atoms with Crippen molar-refractivity contribution in [3.05, 3.63) is 54.1 Å². The smallest absolute Gasteiger partial charge is 0.222 e. The molecule has 0 unspecified atom stereocenters. The third kappa shape index (κ3) is 6.06. The third-order valence-corrected chi connectivity index (χ3v) is 6.44. The molecule has 10 heteroatoms. The maximum Gasteiger partial charge on any atom is 0.222 e. The normalized spacial score (nSPS) is 14.2. The maximum absolute atomic E-state index is 12.7. The van der Waals surface area contributed by atoms with E-state index < -0.39 is 0 Å². The predicted octanol–water partition coefficient (Wildman–Crippen LogP) is 3.77. The minimum Gasteiger partial charge on any atom is -0.492 e. The van der Waals surface area contributed by atoms with Gasteiger partial charge in [0.05, 0.1) is 30.1 Å². The number of fused-ring (bicyclic) bond motifs is 1. The second-order valence-corrected chi connectivity index (χ2v) is 8.89. The molecule has 1 amide bonds. The number of rotatable bonds is 10. The first-order valence-electron chi connectivity index (χ1n) is 12.7. The molecule has 0 aromatic carbocycles. The van der Waals surface area contributed by atoms with E-state index in [2.05, 4.69) is 32.8 Å². The van der Waals surface area contributed by atoms with Crippen molar-refractivity contribution in [2.75, 3.05) is 44.7 Å². The minimum atomic E-state index is 0.166. The Morgan fingerprint density at radius 2 is 2.05 bits per heavy atom. The first-order chi connectivity index (χ1) is 18.6. The van der Waals surface area contributed by atoms with Gasteiger partial charge in [-0.2, -0.15) is 10.4 Å². The fraction of sp³-hybridized carbons (Fsp3) is 0.357. The predicted molar refractivity (Wildman–Crippen MR) is 149 cm³/mol. The highest BCUT2D eigenvalue weighted by Gasteiger charge is 2.22. The van der Waals surface area contributed by atoms with Crippen molar-refractivity contribution in [2.45, 2.75) is 26.2 Å². The number of carbonyl (C=O) groups is 1. The lowest BCUT2D eigenvalue weighted by Crippen LogP contribution is -2.49. The quantitative estimate of drug-likeness (QED) is 0.382. The molecule has 3 aromatic rings. The molecular weight excluding hydrogens is 480 g/mol. The summed E-state index contributed by atoms with van der Waals surface area (Å²) in [6.45, 7) is 8.70. The van der Waals surface area contributed by atoms with E-state index in [0.29, 0.717) is 37.4 Å². The number of carbonyl (C=O) groups excluding carboxylic acids is 1. The van der Waals surface area contributed by atoms with Crippen LogP contribution < -0.4 is 9.64 Å². The van der Waals surface area contributed by atoms with E-state index in [1.807, 2.05) is 36.2 Å². The van der Waals surface area contributed by atoms with Gasteiger partial charge in [-0.1, -0.05) is 0 Å². The van der Waals surface area contributed by atoms with E-state index in [1.54, 1.807) is 36.4 Å². The summed E-state index contributed by atoms with van der Waals surface area (Å²) in [7, 11) is 1.72. The number of piperazine rings is 1. The summed E-state index contributed by atoms with van der Waals surface area (Å²) in [5, 5.41) is 13.9. The Morgan fingerprint density at radius 3 is 2.71 bits per heavy atom. The molecule has 0 radical (unpaired) electrons. The number of nitrogens with zero attached hydrogens (tertiary/aromatic N) is 8. The number of aliphatic imine (C=N–C) groups is 2. The van der Waals surface area contributed by atoms with Crippen molar-refractivity contribution < 1.29 is 9.53 Å². The van der Waals surface area contributed by atoms with Crippen LogP contribution in [0, 0.1) is 11.3 Å². The number of hydrogen-bond donors (Lipinski definition) is 0. The van der Waals surface area contributed by atoms with E-state index in [0.717, 1.165) is 54.0 Å². The van der Waals surface area contributed by atoms with Crippen molar-refractivity contribution in [2.24, 2.45) is 9.98 Å². The molecule has 0 aliphatic carbocycles. The number of anilines is 1. The van der Waals surface area contributed by atoms with E-state index in [-0.39, 0.29) is 5.91 Å². The molecule has 1 saturated heterocycles. The number of nitriles is 1. The Morgan fingerprint density at radius 1 is 1.24 bits per heavy atom. The summed E-state index contributed by atoms with van der Waals surface area (Å²) in [6.07, 6.45) is 10.6. The van der Waals surface area contributed by atoms with Gasteiger partial charge in [-0.05, 0) is 50.3 Å². The van der Waals surface area contributed by atoms with Gasteiger partial charge < -0.3 is 14.5 Å². The summed E-state index contributed by atoms with van der Waals surface area (Å²) in [4.78, 5) is 29.4. The number of allylic oxidation sites excluding steroid dienone is 1. The van der Waals surface area contributed by atoms with E-state index in [4.69, 9.17) is 9.72 Å². The largest absolute Gasteiger partial charge is 0.492 e. The average molecular weight is 513 g/mol. The van der Waals surface area contributed by atoms with Crippen LogP contribution in [0.15, 0.2) is 58.5 Å². The molecule has 4 heterocycles. The fourth-order valence-corrected chi connectivity index (χ4v) is 4.61. The molecule has 0 spiro atoms. The van der Waals surface area contributed by atoms with Gasteiger partial charge in [0.2, 0.25) is 5.91 Å². The molecule has 0 saturated carbocycles. The van der Waals surface area contributed by atoms with Gasteiger partial charge in [0.15, 0.2) is 0 Å². The Bertz CT molecular complexity index is 1380. The highest BCUT2D eigenvalue weighted by Crippen LogP contribution is 2.31. The van der Waals surface area contributed by atoms with Crippen LogP contribution in [-0.2, 0) is 4.79 Å². The number of aromatic nitrogens is 3. The number of ether oxygens (including phenoxy) is 1. The van der Waals surface area contributed by atoms with Crippen LogP contribution in [-0.4, -0.2) is 78.2 Å². The zero-order valence-corrected chi connectivity index (χ0v) is 21.9. The van der Waals surface area contributed by atoms with Gasteiger partial charge in [0.1, 0.15) is 17.6 Å². The van der Waals surface area contributed by atoms with Crippen molar-refractivity contribution in [3.63, 3.8) is 0 Å². The Hall–Kier alpha value is -4.52. The summed E-state index contributed by atoms with van der Waals surface area (Å²) < 4.78 is 7.38. The van der Waals surface area contributed by atoms with Crippen molar-refractivity contribution >= 4 is 30.2 Å². The van der Waals surface area contributed by atoms with E-state index in [1.165, 1.54) is 0 Å². The van der Waals surface area contributed by atoms with Crippen molar-refractivity contribution in [1.29, 1.82) is 5.26 Å². The molecule has 3 aromatic heterocycles. The van der Waals surface area contributed by atoms with Gasteiger partial charge in [0.25, 0.3) is 0 Å². The topological polar surface area (TPSA) is 111 Å². The average Bonchev–Trinajstić information content (AvgIpc) is 3.36. The molecule has 0 N–H and O–H groups in total. The minimum absolute atomic E-state index is 0.166. The zero-order valence-electron chi connectivity index (χ0n) is 21.9. The van der Waals surface area contributed by atoms with Crippen molar-refractivity contribution in [1.82, 2.24) is 19.5 Å². The molecular formula is C28H32N8O2. The zero-order chi connectivity index (χ0) is 26.9. The van der Waals surface area contributed by atoms with Gasteiger partial charge in [-0.25, -0.2) is 9.50 Å². The van der Waals surface area contributed by atoms with Gasteiger partial charge in [0, 0.05) is 69.4 Å². The van der Waals surface area contributed by atoms with E-state index >= 15 is 0 Å². The molecule has 196 valence electrons. The standard InChI is InChI=1S/C28H32N8O2/c1-4-38-24-14-25(28-23(15-29)19-33-36(28)20-24)22-8-9-26(32-18-22)34-10-12-35(13-11-34)27(37)7-5-6-21(16-30-2)17-31-3/h8-9,14,16-20H,2,4-7,10-13H2,1,3H3/b21-16-,31-17-. The van der Waals surface area contributed by atoms with Crippen molar-refractivity contribution in [3.8, 4) is 22.9 Å². The highest BCUT2D eigenvalue weighted by atomic mass is 16.5.